The Bertz CT molecular complexity index is 696. The first-order valence-corrected chi connectivity index (χ1v) is 6.48. The predicted octanol–water partition coefficient (Wildman–Crippen LogP) is 2.85. The maximum atomic E-state index is 12.3. The Kier molecular flexibility index (Phi) is 4.03. The van der Waals surface area contributed by atoms with Gasteiger partial charge in [0.1, 0.15) is 11.5 Å². The first kappa shape index (κ1) is 14.7. The van der Waals surface area contributed by atoms with E-state index in [-0.39, 0.29) is 11.7 Å². The first-order valence-electron chi connectivity index (χ1n) is 6.48. The van der Waals surface area contributed by atoms with E-state index in [1.54, 1.807) is 44.2 Å². The van der Waals surface area contributed by atoms with Crippen LogP contribution in [0, 0.1) is 13.8 Å². The highest BCUT2D eigenvalue weighted by atomic mass is 16.5. The molecule has 0 aliphatic heterocycles. The minimum absolute atomic E-state index is 0.178. The Morgan fingerprint density at radius 3 is 2.62 bits per heavy atom. The second-order valence-electron chi connectivity index (χ2n) is 4.82. The van der Waals surface area contributed by atoms with Crippen molar-refractivity contribution in [3.63, 3.8) is 0 Å². The number of ether oxygens (including phenoxy) is 1. The number of nitrogen functional groups attached to an aromatic ring is 1. The number of aromatic hydroxyl groups is 1. The van der Waals surface area contributed by atoms with Gasteiger partial charge in [0.15, 0.2) is 0 Å². The number of phenolic OH excluding ortho intramolecular Hbond substituents is 1. The predicted molar refractivity (Wildman–Crippen MR) is 82.9 cm³/mol. The second kappa shape index (κ2) is 5.75. The van der Waals surface area contributed by atoms with E-state index in [1.165, 1.54) is 7.11 Å². The molecule has 0 heterocycles. The summed E-state index contributed by atoms with van der Waals surface area (Å²) in [5, 5.41) is 12.7. The fourth-order valence-corrected chi connectivity index (χ4v) is 2.06. The Morgan fingerprint density at radius 2 is 1.95 bits per heavy atom. The maximum absolute atomic E-state index is 12.3. The van der Waals surface area contributed by atoms with E-state index < -0.39 is 0 Å². The van der Waals surface area contributed by atoms with Gasteiger partial charge in [-0.15, -0.1) is 0 Å². The van der Waals surface area contributed by atoms with Crippen LogP contribution in [0.5, 0.6) is 11.5 Å². The van der Waals surface area contributed by atoms with Crippen LogP contribution < -0.4 is 15.8 Å². The van der Waals surface area contributed by atoms with Gasteiger partial charge in [-0.3, -0.25) is 4.79 Å². The Balaban J connectivity index is 2.33. The molecule has 4 N–H and O–H groups in total. The molecule has 0 aromatic heterocycles. The van der Waals surface area contributed by atoms with Gasteiger partial charge in [-0.25, -0.2) is 0 Å². The molecule has 0 saturated carbocycles. The average Bonchev–Trinajstić information content (AvgIpc) is 2.47. The van der Waals surface area contributed by atoms with Gasteiger partial charge in [-0.2, -0.15) is 0 Å². The highest BCUT2D eigenvalue weighted by Gasteiger charge is 2.15. The van der Waals surface area contributed by atoms with Gasteiger partial charge in [-0.05, 0) is 37.6 Å². The van der Waals surface area contributed by atoms with Crippen LogP contribution in [0.4, 0.5) is 11.4 Å². The van der Waals surface area contributed by atoms with Crippen molar-refractivity contribution in [2.45, 2.75) is 13.8 Å². The molecule has 21 heavy (non-hydrogen) atoms. The molecule has 2 aromatic rings. The average molecular weight is 286 g/mol. The lowest BCUT2D eigenvalue weighted by Crippen LogP contribution is -2.14. The van der Waals surface area contributed by atoms with Gasteiger partial charge in [0.05, 0.1) is 12.7 Å². The van der Waals surface area contributed by atoms with Crippen molar-refractivity contribution in [1.29, 1.82) is 0 Å². The normalized spacial score (nSPS) is 10.2. The van der Waals surface area contributed by atoms with Crippen LogP contribution in [0.2, 0.25) is 0 Å². The zero-order valence-electron chi connectivity index (χ0n) is 12.2. The molecule has 2 aromatic carbocycles. The standard InChI is InChI=1S/C16H18N2O3/c1-9-4-7-13(10(2)15(9)19)18-16(20)12-6-5-11(17)8-14(12)21-3/h4-8,19H,17H2,1-3H3,(H,18,20). The Labute approximate surface area is 123 Å². The van der Waals surface area contributed by atoms with Crippen LogP contribution in [0.25, 0.3) is 0 Å². The molecule has 0 unspecified atom stereocenters. The third-order valence-corrected chi connectivity index (χ3v) is 3.35. The number of hydrogen-bond acceptors (Lipinski definition) is 4. The number of hydrogen-bond donors (Lipinski definition) is 3. The molecule has 0 aliphatic carbocycles. The van der Waals surface area contributed by atoms with Gasteiger partial charge in [-0.1, -0.05) is 6.07 Å². The van der Waals surface area contributed by atoms with Crippen LogP contribution in [0.15, 0.2) is 30.3 Å². The summed E-state index contributed by atoms with van der Waals surface area (Å²) in [6.45, 7) is 3.55. The third-order valence-electron chi connectivity index (χ3n) is 3.35. The summed E-state index contributed by atoms with van der Waals surface area (Å²) in [5.74, 6) is 0.261. The van der Waals surface area contributed by atoms with Crippen molar-refractivity contribution < 1.29 is 14.6 Å². The van der Waals surface area contributed by atoms with E-state index in [2.05, 4.69) is 5.32 Å². The highest BCUT2D eigenvalue weighted by molar-refractivity contribution is 6.07. The number of aryl methyl sites for hydroxylation is 1. The molecular formula is C16H18N2O3. The number of methoxy groups -OCH3 is 1. The molecular weight excluding hydrogens is 268 g/mol. The molecule has 1 amide bonds. The molecule has 0 saturated heterocycles. The number of phenols is 1. The van der Waals surface area contributed by atoms with Crippen LogP contribution in [-0.2, 0) is 0 Å². The van der Waals surface area contributed by atoms with Crippen molar-refractivity contribution >= 4 is 17.3 Å². The zero-order chi connectivity index (χ0) is 15.6. The minimum atomic E-state index is -0.321. The first-order chi connectivity index (χ1) is 9.93. The van der Waals surface area contributed by atoms with E-state index >= 15 is 0 Å². The van der Waals surface area contributed by atoms with Crippen LogP contribution in [0.3, 0.4) is 0 Å². The summed E-state index contributed by atoms with van der Waals surface area (Å²) in [4.78, 5) is 12.3. The fourth-order valence-electron chi connectivity index (χ4n) is 2.06. The van der Waals surface area contributed by atoms with Gasteiger partial charge < -0.3 is 20.9 Å². The number of nitrogens with one attached hydrogen (secondary N) is 1. The number of benzene rings is 2. The van der Waals surface area contributed by atoms with Crippen molar-refractivity contribution in [1.82, 2.24) is 0 Å². The molecule has 0 atom stereocenters. The molecule has 0 radical (unpaired) electrons. The van der Waals surface area contributed by atoms with Crippen molar-refractivity contribution in [3.8, 4) is 11.5 Å². The van der Waals surface area contributed by atoms with Gasteiger partial charge in [0.2, 0.25) is 0 Å². The Morgan fingerprint density at radius 1 is 1.24 bits per heavy atom. The lowest BCUT2D eigenvalue weighted by molar-refractivity contribution is 0.102. The summed E-state index contributed by atoms with van der Waals surface area (Å²) in [6.07, 6.45) is 0. The van der Waals surface area contributed by atoms with Crippen molar-refractivity contribution in [2.24, 2.45) is 0 Å². The fraction of sp³-hybridized carbons (Fsp3) is 0.188. The van der Waals surface area contributed by atoms with Gasteiger partial charge in [0.25, 0.3) is 5.91 Å². The second-order valence-corrected chi connectivity index (χ2v) is 4.82. The van der Waals surface area contributed by atoms with Crippen molar-refractivity contribution in [3.05, 3.63) is 47.0 Å². The maximum Gasteiger partial charge on any atom is 0.259 e. The van der Waals surface area contributed by atoms with E-state index in [0.717, 1.165) is 5.56 Å². The number of carbonyl (C=O) groups excluding carboxylic acids is 1. The van der Waals surface area contributed by atoms with Gasteiger partial charge in [0, 0.05) is 23.0 Å². The van der Waals surface area contributed by atoms with Crippen molar-refractivity contribution in [2.75, 3.05) is 18.2 Å². The van der Waals surface area contributed by atoms with E-state index in [4.69, 9.17) is 10.5 Å². The lowest BCUT2D eigenvalue weighted by atomic mass is 10.1. The topological polar surface area (TPSA) is 84.6 Å². The summed E-state index contributed by atoms with van der Waals surface area (Å²) in [6, 6.07) is 8.34. The number of nitrogens with two attached hydrogens (primary N) is 1. The lowest BCUT2D eigenvalue weighted by Gasteiger charge is -2.13. The largest absolute Gasteiger partial charge is 0.507 e. The zero-order valence-corrected chi connectivity index (χ0v) is 12.2. The molecule has 5 heteroatoms. The SMILES string of the molecule is COc1cc(N)ccc1C(=O)Nc1ccc(C)c(O)c1C. The molecule has 0 aliphatic rings. The molecule has 5 nitrogen and oxygen atoms in total. The van der Waals surface area contributed by atoms with Gasteiger partial charge >= 0.3 is 0 Å². The van der Waals surface area contributed by atoms with E-state index in [9.17, 15) is 9.90 Å². The van der Waals surface area contributed by atoms with E-state index in [1.807, 2.05) is 0 Å². The van der Waals surface area contributed by atoms with Crippen LogP contribution in [0.1, 0.15) is 21.5 Å². The highest BCUT2D eigenvalue weighted by Crippen LogP contribution is 2.29. The molecule has 2 rings (SSSR count). The quantitative estimate of drug-likeness (QED) is 0.757. The summed E-state index contributed by atoms with van der Waals surface area (Å²) in [5.41, 5.74) is 8.51. The monoisotopic (exact) mass is 286 g/mol. The number of anilines is 2. The third kappa shape index (κ3) is 2.91. The number of carbonyl (C=O) groups is 1. The summed E-state index contributed by atoms with van der Waals surface area (Å²) in [7, 11) is 1.48. The molecule has 0 fully saturated rings. The Hall–Kier alpha value is -2.69. The minimum Gasteiger partial charge on any atom is -0.507 e. The van der Waals surface area contributed by atoms with Crippen LogP contribution >= 0.6 is 0 Å². The molecule has 0 spiro atoms. The molecule has 110 valence electrons. The molecule has 0 bridgehead atoms. The van der Waals surface area contributed by atoms with Crippen LogP contribution in [-0.4, -0.2) is 18.1 Å². The summed E-state index contributed by atoms with van der Waals surface area (Å²) >= 11 is 0. The number of rotatable bonds is 3. The van der Waals surface area contributed by atoms with E-state index in [0.29, 0.717) is 28.3 Å². The summed E-state index contributed by atoms with van der Waals surface area (Å²) < 4.78 is 5.17. The smallest absolute Gasteiger partial charge is 0.259 e. The number of amides is 1.